The lowest BCUT2D eigenvalue weighted by Crippen LogP contribution is -2.04. The molecule has 0 spiro atoms. The Morgan fingerprint density at radius 2 is 2.35 bits per heavy atom. The van der Waals surface area contributed by atoms with Crippen molar-refractivity contribution < 1.29 is 0 Å². The van der Waals surface area contributed by atoms with Gasteiger partial charge in [0.1, 0.15) is 5.52 Å². The van der Waals surface area contributed by atoms with Crippen LogP contribution < -0.4 is 5.32 Å². The first kappa shape index (κ1) is 11.5. The van der Waals surface area contributed by atoms with E-state index in [1.165, 1.54) is 0 Å². The number of aromatic nitrogens is 3. The van der Waals surface area contributed by atoms with Gasteiger partial charge in [0.25, 0.3) is 0 Å². The lowest BCUT2D eigenvalue weighted by molar-refractivity contribution is 0.787. The van der Waals surface area contributed by atoms with Crippen LogP contribution in [0, 0.1) is 12.3 Å². The van der Waals surface area contributed by atoms with E-state index in [1.54, 1.807) is 6.20 Å². The monoisotopic (exact) mass is 228 g/mol. The molecule has 0 aliphatic rings. The lowest BCUT2D eigenvalue weighted by Gasteiger charge is -2.03. The standard InChI is InChI=1S/C13H16N4/c1-4-5-6-14-13-12-9-11(10(2)3)16-17(12)8-7-15-13/h1,7-10H,5-6H2,2-3H3,(H,14,15). The van der Waals surface area contributed by atoms with Gasteiger partial charge in [-0.1, -0.05) is 13.8 Å². The summed E-state index contributed by atoms with van der Waals surface area (Å²) < 4.78 is 1.85. The number of rotatable bonds is 4. The zero-order chi connectivity index (χ0) is 12.3. The first-order valence-corrected chi connectivity index (χ1v) is 5.74. The highest BCUT2D eigenvalue weighted by atomic mass is 15.2. The van der Waals surface area contributed by atoms with Crippen molar-refractivity contribution in [2.45, 2.75) is 26.2 Å². The van der Waals surface area contributed by atoms with Gasteiger partial charge in [-0.2, -0.15) is 5.10 Å². The predicted octanol–water partition coefficient (Wildman–Crippen LogP) is 2.29. The lowest BCUT2D eigenvalue weighted by atomic mass is 10.1. The highest BCUT2D eigenvalue weighted by molar-refractivity contribution is 5.67. The van der Waals surface area contributed by atoms with Crippen LogP contribution in [-0.4, -0.2) is 21.1 Å². The highest BCUT2D eigenvalue weighted by Gasteiger charge is 2.08. The molecule has 2 heterocycles. The van der Waals surface area contributed by atoms with E-state index in [9.17, 15) is 0 Å². The van der Waals surface area contributed by atoms with Gasteiger partial charge in [-0.3, -0.25) is 0 Å². The molecule has 0 saturated carbocycles. The summed E-state index contributed by atoms with van der Waals surface area (Å²) in [6.07, 6.45) is 9.50. The smallest absolute Gasteiger partial charge is 0.152 e. The third kappa shape index (κ3) is 2.39. The Bertz CT molecular complexity index is 548. The minimum Gasteiger partial charge on any atom is -0.367 e. The van der Waals surface area contributed by atoms with Crippen LogP contribution in [0.25, 0.3) is 5.52 Å². The van der Waals surface area contributed by atoms with Crippen molar-refractivity contribution in [1.29, 1.82) is 0 Å². The Morgan fingerprint density at radius 3 is 3.06 bits per heavy atom. The number of anilines is 1. The third-order valence-electron chi connectivity index (χ3n) is 2.56. The highest BCUT2D eigenvalue weighted by Crippen LogP contribution is 2.19. The topological polar surface area (TPSA) is 42.2 Å². The summed E-state index contributed by atoms with van der Waals surface area (Å²) in [6.45, 7) is 4.98. The van der Waals surface area contributed by atoms with Crippen LogP contribution in [-0.2, 0) is 0 Å². The van der Waals surface area contributed by atoms with Crippen LogP contribution in [0.2, 0.25) is 0 Å². The fourth-order valence-electron chi connectivity index (χ4n) is 1.61. The van der Waals surface area contributed by atoms with Gasteiger partial charge in [0, 0.05) is 25.4 Å². The number of hydrogen-bond acceptors (Lipinski definition) is 3. The average Bonchev–Trinajstić information content (AvgIpc) is 2.74. The second-order valence-electron chi connectivity index (χ2n) is 4.21. The Kier molecular flexibility index (Phi) is 3.29. The molecule has 4 heteroatoms. The molecule has 1 N–H and O–H groups in total. The van der Waals surface area contributed by atoms with Crippen molar-refractivity contribution in [3.8, 4) is 12.3 Å². The number of terminal acetylenes is 1. The molecular weight excluding hydrogens is 212 g/mol. The quantitative estimate of drug-likeness (QED) is 0.645. The minimum absolute atomic E-state index is 0.411. The van der Waals surface area contributed by atoms with E-state index in [1.807, 2.05) is 10.7 Å². The van der Waals surface area contributed by atoms with E-state index in [4.69, 9.17) is 6.42 Å². The summed E-state index contributed by atoms with van der Waals surface area (Å²) >= 11 is 0. The van der Waals surface area contributed by atoms with E-state index in [0.29, 0.717) is 12.3 Å². The number of nitrogens with one attached hydrogen (secondary N) is 1. The largest absolute Gasteiger partial charge is 0.367 e. The Balaban J connectivity index is 2.32. The maximum Gasteiger partial charge on any atom is 0.152 e. The zero-order valence-electron chi connectivity index (χ0n) is 10.1. The van der Waals surface area contributed by atoms with Crippen molar-refractivity contribution in [2.24, 2.45) is 0 Å². The van der Waals surface area contributed by atoms with Crippen LogP contribution in [0.15, 0.2) is 18.5 Å². The SMILES string of the molecule is C#CCCNc1nccn2nc(C(C)C)cc12. The second kappa shape index (κ2) is 4.88. The molecule has 0 amide bonds. The van der Waals surface area contributed by atoms with Crippen molar-refractivity contribution in [3.05, 3.63) is 24.2 Å². The third-order valence-corrected chi connectivity index (χ3v) is 2.56. The summed E-state index contributed by atoms with van der Waals surface area (Å²) in [7, 11) is 0. The van der Waals surface area contributed by atoms with Crippen molar-refractivity contribution >= 4 is 11.3 Å². The molecular formula is C13H16N4. The molecule has 2 aromatic rings. The predicted molar refractivity (Wildman–Crippen MR) is 69.0 cm³/mol. The van der Waals surface area contributed by atoms with Crippen LogP contribution >= 0.6 is 0 Å². The van der Waals surface area contributed by atoms with Crippen LogP contribution in [0.1, 0.15) is 31.9 Å². The molecule has 2 aromatic heterocycles. The molecule has 0 bridgehead atoms. The zero-order valence-corrected chi connectivity index (χ0v) is 10.1. The summed E-state index contributed by atoms with van der Waals surface area (Å²) in [5.74, 6) is 3.84. The molecule has 0 aliphatic carbocycles. The molecule has 2 rings (SSSR count). The first-order valence-electron chi connectivity index (χ1n) is 5.74. The molecule has 0 aromatic carbocycles. The van der Waals surface area contributed by atoms with Gasteiger partial charge >= 0.3 is 0 Å². The normalized spacial score (nSPS) is 10.7. The van der Waals surface area contributed by atoms with E-state index >= 15 is 0 Å². The Hall–Kier alpha value is -2.02. The van der Waals surface area contributed by atoms with Crippen molar-refractivity contribution in [3.63, 3.8) is 0 Å². The van der Waals surface area contributed by atoms with E-state index in [0.717, 1.165) is 23.6 Å². The van der Waals surface area contributed by atoms with E-state index in [2.05, 4.69) is 41.2 Å². The van der Waals surface area contributed by atoms with Crippen LogP contribution in [0.4, 0.5) is 5.82 Å². The maximum atomic E-state index is 5.22. The number of fused-ring (bicyclic) bond motifs is 1. The Morgan fingerprint density at radius 1 is 1.53 bits per heavy atom. The van der Waals surface area contributed by atoms with Gasteiger partial charge in [0.15, 0.2) is 5.82 Å². The average molecular weight is 228 g/mol. The summed E-state index contributed by atoms with van der Waals surface area (Å²) in [5.41, 5.74) is 2.06. The second-order valence-corrected chi connectivity index (χ2v) is 4.21. The van der Waals surface area contributed by atoms with Gasteiger partial charge in [-0.05, 0) is 12.0 Å². The minimum atomic E-state index is 0.411. The van der Waals surface area contributed by atoms with Gasteiger partial charge in [-0.25, -0.2) is 9.50 Å². The fourth-order valence-corrected chi connectivity index (χ4v) is 1.61. The van der Waals surface area contributed by atoms with Gasteiger partial charge in [0.05, 0.1) is 5.69 Å². The molecule has 0 radical (unpaired) electrons. The first-order chi connectivity index (χ1) is 8.22. The molecule has 88 valence electrons. The van der Waals surface area contributed by atoms with E-state index in [-0.39, 0.29) is 0 Å². The van der Waals surface area contributed by atoms with E-state index < -0.39 is 0 Å². The molecule has 0 atom stereocenters. The van der Waals surface area contributed by atoms with Crippen LogP contribution in [0.5, 0.6) is 0 Å². The number of nitrogens with zero attached hydrogens (tertiary/aromatic N) is 3. The Labute approximate surface area is 101 Å². The number of hydrogen-bond donors (Lipinski definition) is 1. The van der Waals surface area contributed by atoms with Gasteiger partial charge in [-0.15, -0.1) is 12.3 Å². The maximum absolute atomic E-state index is 5.22. The summed E-state index contributed by atoms with van der Waals surface area (Å²) in [5, 5.41) is 7.72. The molecule has 0 fully saturated rings. The molecule has 0 saturated heterocycles. The molecule has 4 nitrogen and oxygen atoms in total. The summed E-state index contributed by atoms with van der Waals surface area (Å²) in [6, 6.07) is 2.07. The molecule has 0 unspecified atom stereocenters. The molecule has 0 aliphatic heterocycles. The fraction of sp³-hybridized carbons (Fsp3) is 0.385. The van der Waals surface area contributed by atoms with Crippen molar-refractivity contribution in [2.75, 3.05) is 11.9 Å². The summed E-state index contributed by atoms with van der Waals surface area (Å²) in [4.78, 5) is 4.31. The molecule has 17 heavy (non-hydrogen) atoms. The van der Waals surface area contributed by atoms with Crippen LogP contribution in [0.3, 0.4) is 0 Å². The van der Waals surface area contributed by atoms with Gasteiger partial charge in [0.2, 0.25) is 0 Å². The van der Waals surface area contributed by atoms with Gasteiger partial charge < -0.3 is 5.32 Å². The van der Waals surface area contributed by atoms with Crippen molar-refractivity contribution in [1.82, 2.24) is 14.6 Å².